The summed E-state index contributed by atoms with van der Waals surface area (Å²) in [5.41, 5.74) is 4.40. The molecule has 1 aliphatic rings. The number of benzene rings is 2. The van der Waals surface area contributed by atoms with E-state index in [1.807, 2.05) is 72.8 Å². The normalized spacial score (nSPS) is 12.9. The molecule has 0 saturated carbocycles. The van der Waals surface area contributed by atoms with E-state index >= 15 is 0 Å². The zero-order valence-corrected chi connectivity index (χ0v) is 20.7. The van der Waals surface area contributed by atoms with Crippen molar-refractivity contribution in [2.75, 3.05) is 18.4 Å². The van der Waals surface area contributed by atoms with E-state index in [9.17, 15) is 4.79 Å². The first-order valence-electron chi connectivity index (χ1n) is 12.2. The van der Waals surface area contributed by atoms with Gasteiger partial charge >= 0.3 is 6.09 Å². The van der Waals surface area contributed by atoms with Crippen LogP contribution in [0, 0.1) is 0 Å². The highest BCUT2D eigenvalue weighted by Gasteiger charge is 2.18. The number of ether oxygens (including phenoxy) is 2. The van der Waals surface area contributed by atoms with Crippen LogP contribution in [0.1, 0.15) is 23.2 Å². The Morgan fingerprint density at radius 3 is 2.21 bits per heavy atom. The summed E-state index contributed by atoms with van der Waals surface area (Å²) in [5.74, 6) is 1.36. The number of carboxylic acid groups (broad SMARTS) is 1. The average molecular weight is 510 g/mol. The molecule has 0 fully saturated rings. The molecule has 5 rings (SSSR count). The molecule has 38 heavy (non-hydrogen) atoms. The number of rotatable bonds is 9. The van der Waals surface area contributed by atoms with Crippen LogP contribution in [0.2, 0.25) is 0 Å². The number of aromatic nitrogens is 3. The molecule has 0 radical (unpaired) electrons. The molecule has 192 valence electrons. The molecule has 4 aromatic rings. The second-order valence-electron chi connectivity index (χ2n) is 8.67. The number of nitrogens with zero attached hydrogens (tertiary/aromatic N) is 4. The van der Waals surface area contributed by atoms with Crippen molar-refractivity contribution in [1.82, 2.24) is 19.9 Å². The minimum atomic E-state index is -0.915. The van der Waals surface area contributed by atoms with Crippen molar-refractivity contribution in [2.45, 2.75) is 19.6 Å². The van der Waals surface area contributed by atoms with E-state index in [1.54, 1.807) is 18.5 Å². The molecule has 0 spiro atoms. The lowest BCUT2D eigenvalue weighted by Crippen LogP contribution is -2.33. The van der Waals surface area contributed by atoms with Crippen LogP contribution in [-0.4, -0.2) is 44.1 Å². The van der Waals surface area contributed by atoms with E-state index in [4.69, 9.17) is 14.6 Å². The molecule has 2 aromatic carbocycles. The lowest BCUT2D eigenvalue weighted by molar-refractivity contribution is 0.150. The molecule has 1 amide bonds. The SMILES string of the molecule is O=C(O)N1CC=C(c2cnc(Nc3ccc(OCc4ccccc4)nc3OCc3ccccc3)cn2)CC1. The van der Waals surface area contributed by atoms with Crippen molar-refractivity contribution >= 4 is 23.2 Å². The first-order chi connectivity index (χ1) is 18.6. The van der Waals surface area contributed by atoms with E-state index in [0.717, 1.165) is 22.4 Å². The fourth-order valence-electron chi connectivity index (χ4n) is 3.94. The van der Waals surface area contributed by atoms with Crippen molar-refractivity contribution in [3.8, 4) is 11.8 Å². The third-order valence-electron chi connectivity index (χ3n) is 6.01. The Morgan fingerprint density at radius 1 is 0.895 bits per heavy atom. The van der Waals surface area contributed by atoms with E-state index in [-0.39, 0.29) is 0 Å². The zero-order valence-electron chi connectivity index (χ0n) is 20.7. The summed E-state index contributed by atoms with van der Waals surface area (Å²) in [6.45, 7) is 1.52. The van der Waals surface area contributed by atoms with Crippen LogP contribution < -0.4 is 14.8 Å². The third-order valence-corrected chi connectivity index (χ3v) is 6.01. The summed E-state index contributed by atoms with van der Waals surface area (Å²) in [4.78, 5) is 26.1. The zero-order chi connectivity index (χ0) is 26.2. The van der Waals surface area contributed by atoms with Crippen molar-refractivity contribution in [3.05, 3.63) is 108 Å². The number of nitrogens with one attached hydrogen (secondary N) is 1. The summed E-state index contributed by atoms with van der Waals surface area (Å²) >= 11 is 0. The van der Waals surface area contributed by atoms with E-state index < -0.39 is 6.09 Å². The van der Waals surface area contributed by atoms with Crippen molar-refractivity contribution in [2.24, 2.45) is 0 Å². The number of hydrogen-bond acceptors (Lipinski definition) is 7. The first kappa shape index (κ1) is 24.8. The molecule has 0 bridgehead atoms. The molecule has 0 unspecified atom stereocenters. The Hall–Kier alpha value is -4.92. The summed E-state index contributed by atoms with van der Waals surface area (Å²) in [6.07, 6.45) is 4.88. The van der Waals surface area contributed by atoms with Gasteiger partial charge in [-0.3, -0.25) is 4.98 Å². The summed E-state index contributed by atoms with van der Waals surface area (Å²) in [6, 6.07) is 23.4. The van der Waals surface area contributed by atoms with Gasteiger partial charge in [0.05, 0.1) is 18.1 Å². The molecular formula is C29H27N5O4. The van der Waals surface area contributed by atoms with Crippen LogP contribution in [0.25, 0.3) is 5.57 Å². The fraction of sp³-hybridized carbons (Fsp3) is 0.172. The Bertz CT molecular complexity index is 1400. The van der Waals surface area contributed by atoms with Gasteiger partial charge in [-0.15, -0.1) is 0 Å². The minimum Gasteiger partial charge on any atom is -0.473 e. The maximum absolute atomic E-state index is 11.1. The van der Waals surface area contributed by atoms with Crippen LogP contribution in [0.3, 0.4) is 0 Å². The lowest BCUT2D eigenvalue weighted by Gasteiger charge is -2.23. The third kappa shape index (κ3) is 6.44. The molecule has 3 heterocycles. The van der Waals surface area contributed by atoms with Crippen LogP contribution in [-0.2, 0) is 13.2 Å². The van der Waals surface area contributed by atoms with Crippen LogP contribution in [0.5, 0.6) is 11.8 Å². The minimum absolute atomic E-state index is 0.344. The highest BCUT2D eigenvalue weighted by molar-refractivity contribution is 5.70. The molecule has 2 N–H and O–H groups in total. The first-order valence-corrected chi connectivity index (χ1v) is 12.2. The van der Waals surface area contributed by atoms with Crippen LogP contribution in [0.4, 0.5) is 16.3 Å². The van der Waals surface area contributed by atoms with Gasteiger partial charge in [0.15, 0.2) is 0 Å². The molecular weight excluding hydrogens is 482 g/mol. The maximum Gasteiger partial charge on any atom is 0.407 e. The van der Waals surface area contributed by atoms with Crippen LogP contribution >= 0.6 is 0 Å². The molecule has 9 heteroatoms. The topological polar surface area (TPSA) is 110 Å². The lowest BCUT2D eigenvalue weighted by atomic mass is 10.1. The molecule has 0 atom stereocenters. The van der Waals surface area contributed by atoms with Crippen molar-refractivity contribution in [3.63, 3.8) is 0 Å². The second-order valence-corrected chi connectivity index (χ2v) is 8.67. The number of pyridine rings is 1. The number of amides is 1. The number of anilines is 2. The molecule has 9 nitrogen and oxygen atoms in total. The maximum atomic E-state index is 11.1. The van der Waals surface area contributed by atoms with Gasteiger partial charge in [-0.2, -0.15) is 4.98 Å². The van der Waals surface area contributed by atoms with Gasteiger partial charge in [0, 0.05) is 19.2 Å². The van der Waals surface area contributed by atoms with Crippen molar-refractivity contribution < 1.29 is 19.4 Å². The number of hydrogen-bond donors (Lipinski definition) is 2. The Balaban J connectivity index is 1.30. The Labute approximate surface area is 220 Å². The van der Waals surface area contributed by atoms with Gasteiger partial charge < -0.3 is 24.8 Å². The molecule has 2 aromatic heterocycles. The predicted molar refractivity (Wildman–Crippen MR) is 143 cm³/mol. The summed E-state index contributed by atoms with van der Waals surface area (Å²) in [5, 5.41) is 12.4. The molecule has 0 saturated heterocycles. The standard InChI is InChI=1S/C29H27N5O4/c35-29(36)34-15-13-23(14-16-34)25-17-31-26(18-30-25)32-24-11-12-27(37-19-21-7-3-1-4-8-21)33-28(24)38-20-22-9-5-2-6-10-22/h1-13,17-18H,14-16,19-20H2,(H,31,32)(H,35,36). The highest BCUT2D eigenvalue weighted by atomic mass is 16.5. The van der Waals surface area contributed by atoms with Gasteiger partial charge in [0.25, 0.3) is 0 Å². The Morgan fingerprint density at radius 2 is 1.61 bits per heavy atom. The average Bonchev–Trinajstić information content (AvgIpc) is 2.97. The van der Waals surface area contributed by atoms with E-state index in [0.29, 0.717) is 56.0 Å². The summed E-state index contributed by atoms with van der Waals surface area (Å²) < 4.78 is 12.0. The van der Waals surface area contributed by atoms with E-state index in [1.165, 1.54) is 4.90 Å². The number of carbonyl (C=O) groups is 1. The van der Waals surface area contributed by atoms with E-state index in [2.05, 4.69) is 20.3 Å². The van der Waals surface area contributed by atoms with Gasteiger partial charge in [0.2, 0.25) is 11.8 Å². The second kappa shape index (κ2) is 11.9. The fourth-order valence-corrected chi connectivity index (χ4v) is 3.94. The largest absolute Gasteiger partial charge is 0.473 e. The van der Waals surface area contributed by atoms with Gasteiger partial charge in [-0.05, 0) is 29.2 Å². The molecule has 0 aliphatic carbocycles. The highest BCUT2D eigenvalue weighted by Crippen LogP contribution is 2.29. The quantitative estimate of drug-likeness (QED) is 0.303. The summed E-state index contributed by atoms with van der Waals surface area (Å²) in [7, 11) is 0. The van der Waals surface area contributed by atoms with Gasteiger partial charge in [-0.1, -0.05) is 66.7 Å². The smallest absolute Gasteiger partial charge is 0.407 e. The van der Waals surface area contributed by atoms with Crippen LogP contribution in [0.15, 0.2) is 91.3 Å². The predicted octanol–water partition coefficient (Wildman–Crippen LogP) is 5.54. The Kier molecular flexibility index (Phi) is 7.74. The molecule has 1 aliphatic heterocycles. The van der Waals surface area contributed by atoms with Gasteiger partial charge in [-0.25, -0.2) is 9.78 Å². The van der Waals surface area contributed by atoms with Crippen molar-refractivity contribution in [1.29, 1.82) is 0 Å². The van der Waals surface area contributed by atoms with Gasteiger partial charge in [0.1, 0.15) is 24.7 Å². The monoisotopic (exact) mass is 509 g/mol.